The third kappa shape index (κ3) is 5.08. The monoisotopic (exact) mass is 449 g/mol. The van der Waals surface area contributed by atoms with E-state index >= 15 is 0 Å². The molecule has 0 saturated carbocycles. The zero-order chi connectivity index (χ0) is 23.2. The molecule has 9 heteroatoms. The molecule has 1 aliphatic heterocycles. The molecule has 1 aliphatic rings. The van der Waals surface area contributed by atoms with Crippen LogP contribution in [0.25, 0.3) is 0 Å². The Morgan fingerprint density at radius 1 is 0.909 bits per heavy atom. The smallest absolute Gasteiger partial charge is 0.255 e. The zero-order valence-electron chi connectivity index (χ0n) is 18.9. The Hall–Kier alpha value is -4.01. The van der Waals surface area contributed by atoms with Gasteiger partial charge in [0.1, 0.15) is 0 Å². The van der Waals surface area contributed by atoms with Crippen LogP contribution in [0, 0.1) is 0 Å². The maximum atomic E-state index is 12.8. The van der Waals surface area contributed by atoms with Crippen molar-refractivity contribution in [2.75, 3.05) is 50.0 Å². The van der Waals surface area contributed by atoms with E-state index in [1.54, 1.807) is 18.3 Å². The van der Waals surface area contributed by atoms with Crippen LogP contribution < -0.4 is 29.7 Å². The fourth-order valence-electron chi connectivity index (χ4n) is 3.77. The molecular formula is C24H27N5O4. The van der Waals surface area contributed by atoms with E-state index in [0.29, 0.717) is 34.3 Å². The summed E-state index contributed by atoms with van der Waals surface area (Å²) in [5.74, 6) is 1.65. The van der Waals surface area contributed by atoms with Crippen LogP contribution in [0.3, 0.4) is 0 Å². The van der Waals surface area contributed by atoms with Crippen molar-refractivity contribution in [3.8, 4) is 17.2 Å². The van der Waals surface area contributed by atoms with Gasteiger partial charge in [0, 0.05) is 36.1 Å². The minimum atomic E-state index is -0.292. The van der Waals surface area contributed by atoms with Gasteiger partial charge in [-0.05, 0) is 49.2 Å². The summed E-state index contributed by atoms with van der Waals surface area (Å²) >= 11 is 0. The summed E-state index contributed by atoms with van der Waals surface area (Å²) in [6.07, 6.45) is 4.20. The summed E-state index contributed by atoms with van der Waals surface area (Å²) in [6.45, 7) is 2.09. The average Bonchev–Trinajstić information content (AvgIpc) is 3.39. The molecule has 0 radical (unpaired) electrons. The second-order valence-electron chi connectivity index (χ2n) is 7.56. The highest BCUT2D eigenvalue weighted by Gasteiger charge is 2.17. The van der Waals surface area contributed by atoms with Crippen molar-refractivity contribution in [1.29, 1.82) is 0 Å². The minimum Gasteiger partial charge on any atom is -0.493 e. The molecule has 0 atom stereocenters. The lowest BCUT2D eigenvalue weighted by Crippen LogP contribution is -2.18. The number of nitrogens with one attached hydrogen (secondary N) is 2. The maximum absolute atomic E-state index is 12.8. The summed E-state index contributed by atoms with van der Waals surface area (Å²) in [5, 5.41) is 14.4. The fraction of sp³-hybridized carbons (Fsp3) is 0.292. The number of hydrogen-bond acceptors (Lipinski definition) is 8. The van der Waals surface area contributed by atoms with E-state index in [1.807, 2.05) is 30.3 Å². The van der Waals surface area contributed by atoms with Gasteiger partial charge >= 0.3 is 0 Å². The van der Waals surface area contributed by atoms with Gasteiger partial charge in [-0.2, -0.15) is 5.10 Å². The Morgan fingerprint density at radius 2 is 1.55 bits per heavy atom. The number of ether oxygens (including phenoxy) is 3. The first-order chi connectivity index (χ1) is 16.1. The number of aromatic nitrogens is 2. The van der Waals surface area contributed by atoms with Gasteiger partial charge in [-0.25, -0.2) is 0 Å². The number of carbonyl (C=O) groups is 1. The lowest BCUT2D eigenvalue weighted by molar-refractivity contribution is 0.102. The van der Waals surface area contributed by atoms with Crippen molar-refractivity contribution in [2.24, 2.45) is 0 Å². The number of rotatable bonds is 8. The first-order valence-corrected chi connectivity index (χ1v) is 10.7. The molecule has 4 rings (SSSR count). The van der Waals surface area contributed by atoms with Crippen molar-refractivity contribution in [3.05, 3.63) is 54.2 Å². The van der Waals surface area contributed by atoms with E-state index < -0.39 is 0 Å². The Labute approximate surface area is 192 Å². The van der Waals surface area contributed by atoms with Crippen LogP contribution in [0.5, 0.6) is 17.2 Å². The number of methoxy groups -OCH3 is 3. The van der Waals surface area contributed by atoms with E-state index in [0.717, 1.165) is 24.5 Å². The van der Waals surface area contributed by atoms with Crippen molar-refractivity contribution in [2.45, 2.75) is 12.8 Å². The fourth-order valence-corrected chi connectivity index (χ4v) is 3.77. The molecule has 3 aromatic rings. The van der Waals surface area contributed by atoms with Gasteiger partial charge in [0.05, 0.1) is 33.2 Å². The molecule has 0 bridgehead atoms. The quantitative estimate of drug-likeness (QED) is 0.531. The van der Waals surface area contributed by atoms with Gasteiger partial charge in [0.2, 0.25) is 5.75 Å². The number of benzene rings is 2. The molecule has 2 aromatic carbocycles. The van der Waals surface area contributed by atoms with Crippen LogP contribution in [0.1, 0.15) is 23.2 Å². The molecule has 33 heavy (non-hydrogen) atoms. The van der Waals surface area contributed by atoms with Gasteiger partial charge in [0.15, 0.2) is 17.3 Å². The number of carbonyl (C=O) groups excluding carboxylic acids is 1. The van der Waals surface area contributed by atoms with Crippen molar-refractivity contribution in [3.63, 3.8) is 0 Å². The largest absolute Gasteiger partial charge is 0.493 e. The number of nitrogens with zero attached hydrogens (tertiary/aromatic N) is 3. The van der Waals surface area contributed by atoms with Crippen LogP contribution in [0.2, 0.25) is 0 Å². The summed E-state index contributed by atoms with van der Waals surface area (Å²) in [7, 11) is 4.54. The molecule has 0 spiro atoms. The molecule has 0 unspecified atom stereocenters. The Morgan fingerprint density at radius 3 is 2.15 bits per heavy atom. The highest BCUT2D eigenvalue weighted by atomic mass is 16.5. The standard InChI is InChI=1S/C24H27N5O4/c1-31-20-12-16(13-21(32-2)23(20)33-3)24(30)27-18-8-6-17(7-9-18)26-22-14-19(15-25-28-22)29-10-4-5-11-29/h6-9,12-15H,4-5,10-11H2,1-3H3,(H,26,28)(H,27,30). The minimum absolute atomic E-state index is 0.292. The lowest BCUT2D eigenvalue weighted by atomic mass is 10.1. The van der Waals surface area contributed by atoms with E-state index in [9.17, 15) is 4.79 Å². The second kappa shape index (κ2) is 10.1. The molecular weight excluding hydrogens is 422 g/mol. The highest BCUT2D eigenvalue weighted by molar-refractivity contribution is 6.05. The molecule has 1 amide bonds. The normalized spacial score (nSPS) is 12.9. The third-order valence-corrected chi connectivity index (χ3v) is 5.45. The Bertz CT molecular complexity index is 1090. The van der Waals surface area contributed by atoms with E-state index in [2.05, 4.69) is 25.7 Å². The number of anilines is 4. The highest BCUT2D eigenvalue weighted by Crippen LogP contribution is 2.38. The Kier molecular flexibility index (Phi) is 6.77. The molecule has 9 nitrogen and oxygen atoms in total. The SMILES string of the molecule is COc1cc(C(=O)Nc2ccc(Nc3cc(N4CCCC4)cnn3)cc2)cc(OC)c1OC. The van der Waals surface area contributed by atoms with E-state index in [4.69, 9.17) is 14.2 Å². The molecule has 2 N–H and O–H groups in total. The van der Waals surface area contributed by atoms with Crippen molar-refractivity contribution < 1.29 is 19.0 Å². The van der Waals surface area contributed by atoms with Gasteiger partial charge in [0.25, 0.3) is 5.91 Å². The van der Waals surface area contributed by atoms with Crippen LogP contribution in [0.15, 0.2) is 48.7 Å². The summed E-state index contributed by atoms with van der Waals surface area (Å²) < 4.78 is 16.0. The van der Waals surface area contributed by atoms with Gasteiger partial charge in [-0.1, -0.05) is 0 Å². The van der Waals surface area contributed by atoms with E-state index in [1.165, 1.54) is 34.2 Å². The van der Waals surface area contributed by atoms with Crippen LogP contribution in [-0.4, -0.2) is 50.5 Å². The first-order valence-electron chi connectivity index (χ1n) is 10.7. The summed E-state index contributed by atoms with van der Waals surface area (Å²) in [4.78, 5) is 15.1. The van der Waals surface area contributed by atoms with Gasteiger partial charge in [-0.15, -0.1) is 5.10 Å². The summed E-state index contributed by atoms with van der Waals surface area (Å²) in [6, 6.07) is 12.6. The van der Waals surface area contributed by atoms with Crippen molar-refractivity contribution >= 4 is 28.8 Å². The summed E-state index contributed by atoms with van der Waals surface area (Å²) in [5.41, 5.74) is 2.95. The van der Waals surface area contributed by atoms with Crippen molar-refractivity contribution in [1.82, 2.24) is 10.2 Å². The van der Waals surface area contributed by atoms with Gasteiger partial charge in [-0.3, -0.25) is 4.79 Å². The van der Waals surface area contributed by atoms with Crippen LogP contribution in [0.4, 0.5) is 22.9 Å². The molecule has 1 aromatic heterocycles. The lowest BCUT2D eigenvalue weighted by Gasteiger charge is -2.17. The molecule has 172 valence electrons. The molecule has 2 heterocycles. The topological polar surface area (TPSA) is 97.8 Å². The third-order valence-electron chi connectivity index (χ3n) is 5.45. The zero-order valence-corrected chi connectivity index (χ0v) is 18.9. The Balaban J connectivity index is 1.44. The molecule has 1 fully saturated rings. The van der Waals surface area contributed by atoms with Gasteiger partial charge < -0.3 is 29.7 Å². The number of amides is 1. The maximum Gasteiger partial charge on any atom is 0.255 e. The predicted molar refractivity (Wildman–Crippen MR) is 127 cm³/mol. The van der Waals surface area contributed by atoms with E-state index in [-0.39, 0.29) is 5.91 Å². The molecule has 1 saturated heterocycles. The molecule has 0 aliphatic carbocycles. The number of hydrogen-bond donors (Lipinski definition) is 2. The average molecular weight is 450 g/mol. The van der Waals surface area contributed by atoms with Crippen LogP contribution in [-0.2, 0) is 0 Å². The second-order valence-corrected chi connectivity index (χ2v) is 7.56. The first kappa shape index (κ1) is 22.2. The van der Waals surface area contributed by atoms with Crippen LogP contribution >= 0.6 is 0 Å². The predicted octanol–water partition coefficient (Wildman–Crippen LogP) is 4.10.